The lowest BCUT2D eigenvalue weighted by Crippen LogP contribution is -2.21. The van der Waals surface area contributed by atoms with E-state index in [9.17, 15) is 14.9 Å². The maximum Gasteiger partial charge on any atom is 0.286 e. The molecule has 0 fully saturated rings. The maximum absolute atomic E-state index is 11.9. The molecule has 0 saturated carbocycles. The average molecular weight is 328 g/mol. The van der Waals surface area contributed by atoms with Gasteiger partial charge < -0.3 is 4.42 Å². The zero-order valence-electron chi connectivity index (χ0n) is 10.2. The highest BCUT2D eigenvalue weighted by Crippen LogP contribution is 2.15. The van der Waals surface area contributed by atoms with Crippen molar-refractivity contribution < 1.29 is 9.34 Å². The van der Waals surface area contributed by atoms with Gasteiger partial charge in [0.25, 0.3) is 11.2 Å². The largest absolute Gasteiger partial charge is 0.444 e. The number of aromatic nitrogens is 2. The van der Waals surface area contributed by atoms with Crippen molar-refractivity contribution in [2.45, 2.75) is 20.4 Å². The molecule has 7 nitrogen and oxygen atoms in total. The van der Waals surface area contributed by atoms with Crippen LogP contribution in [0.1, 0.15) is 17.3 Å². The van der Waals surface area contributed by atoms with Crippen molar-refractivity contribution in [2.75, 3.05) is 0 Å². The number of nitro groups is 1. The third-order valence-electron chi connectivity index (χ3n) is 2.62. The smallest absolute Gasteiger partial charge is 0.286 e. The SMILES string of the molecule is Cc1nc(Cn2cc([N+](=O)[O-])cc(Br)c2=O)oc1C. The first-order chi connectivity index (χ1) is 8.88. The molecule has 8 heteroatoms. The van der Waals surface area contributed by atoms with Crippen LogP contribution in [0.4, 0.5) is 5.69 Å². The molecule has 100 valence electrons. The van der Waals surface area contributed by atoms with Gasteiger partial charge in [0.1, 0.15) is 12.3 Å². The molecular formula is C11H10BrN3O4. The molecule has 0 aliphatic rings. The van der Waals surface area contributed by atoms with E-state index in [1.54, 1.807) is 13.8 Å². The Bertz CT molecular complexity index is 685. The van der Waals surface area contributed by atoms with E-state index in [0.29, 0.717) is 11.7 Å². The van der Waals surface area contributed by atoms with Crippen molar-refractivity contribution in [3.63, 3.8) is 0 Å². The van der Waals surface area contributed by atoms with Gasteiger partial charge in [0.15, 0.2) is 0 Å². The van der Waals surface area contributed by atoms with E-state index in [1.165, 1.54) is 16.8 Å². The zero-order chi connectivity index (χ0) is 14.2. The van der Waals surface area contributed by atoms with Crippen molar-refractivity contribution in [3.8, 4) is 0 Å². The van der Waals surface area contributed by atoms with E-state index in [0.717, 1.165) is 5.69 Å². The third kappa shape index (κ3) is 2.73. The molecule has 2 rings (SSSR count). The predicted octanol–water partition coefficient (Wildman–Crippen LogP) is 2.17. The number of aryl methyl sites for hydroxylation is 2. The molecule has 0 atom stereocenters. The van der Waals surface area contributed by atoms with Crippen molar-refractivity contribution in [1.29, 1.82) is 0 Å². The molecular weight excluding hydrogens is 318 g/mol. The fraction of sp³-hybridized carbons (Fsp3) is 0.273. The second-order valence-corrected chi connectivity index (χ2v) is 4.84. The van der Waals surface area contributed by atoms with E-state index in [4.69, 9.17) is 4.42 Å². The lowest BCUT2D eigenvalue weighted by Gasteiger charge is -2.03. The minimum Gasteiger partial charge on any atom is -0.444 e. The number of oxazole rings is 1. The molecule has 0 aliphatic carbocycles. The van der Waals surface area contributed by atoms with Crippen LogP contribution in [0.3, 0.4) is 0 Å². The standard InChI is InChI=1S/C11H10BrN3O4/c1-6-7(2)19-10(13-6)5-14-4-8(15(17)18)3-9(12)11(14)16/h3-4H,5H2,1-2H3. The van der Waals surface area contributed by atoms with Crippen molar-refractivity contribution in [2.24, 2.45) is 0 Å². The van der Waals surface area contributed by atoms with Crippen LogP contribution in [-0.2, 0) is 6.54 Å². The summed E-state index contributed by atoms with van der Waals surface area (Å²) in [4.78, 5) is 26.2. The molecule has 0 spiro atoms. The minimum atomic E-state index is -0.563. The van der Waals surface area contributed by atoms with Gasteiger partial charge in [-0.05, 0) is 29.8 Å². The summed E-state index contributed by atoms with van der Waals surface area (Å²) < 4.78 is 6.67. The number of rotatable bonds is 3. The third-order valence-corrected chi connectivity index (χ3v) is 3.19. The van der Waals surface area contributed by atoms with Crippen LogP contribution in [0.25, 0.3) is 0 Å². The molecule has 2 aromatic heterocycles. The van der Waals surface area contributed by atoms with Crippen LogP contribution in [-0.4, -0.2) is 14.5 Å². The summed E-state index contributed by atoms with van der Waals surface area (Å²) in [6.45, 7) is 3.60. The molecule has 0 saturated heterocycles. The Balaban J connectivity index is 2.44. The van der Waals surface area contributed by atoms with Crippen LogP contribution >= 0.6 is 15.9 Å². The van der Waals surface area contributed by atoms with Crippen LogP contribution < -0.4 is 5.56 Å². The monoisotopic (exact) mass is 327 g/mol. The Kier molecular flexibility index (Phi) is 3.52. The Morgan fingerprint density at radius 3 is 2.74 bits per heavy atom. The summed E-state index contributed by atoms with van der Waals surface area (Å²) in [5, 5.41) is 10.8. The Labute approximate surface area is 116 Å². The second kappa shape index (κ2) is 4.96. The normalized spacial score (nSPS) is 10.7. The number of nitrogens with zero attached hydrogens (tertiary/aromatic N) is 3. The topological polar surface area (TPSA) is 91.2 Å². The predicted molar refractivity (Wildman–Crippen MR) is 70.1 cm³/mol. The molecule has 0 amide bonds. The highest BCUT2D eigenvalue weighted by atomic mass is 79.9. The van der Waals surface area contributed by atoms with E-state index in [1.807, 2.05) is 0 Å². The zero-order valence-corrected chi connectivity index (χ0v) is 11.8. The van der Waals surface area contributed by atoms with Crippen LogP contribution in [0.15, 0.2) is 25.9 Å². The van der Waals surface area contributed by atoms with E-state index in [-0.39, 0.29) is 22.3 Å². The summed E-state index contributed by atoms with van der Waals surface area (Å²) in [5.74, 6) is 0.997. The van der Waals surface area contributed by atoms with Gasteiger partial charge in [0.2, 0.25) is 5.89 Å². The first kappa shape index (κ1) is 13.5. The van der Waals surface area contributed by atoms with Gasteiger partial charge in [-0.15, -0.1) is 0 Å². The fourth-order valence-corrected chi connectivity index (χ4v) is 2.02. The van der Waals surface area contributed by atoms with Gasteiger partial charge in [-0.2, -0.15) is 0 Å². The molecule has 0 N–H and O–H groups in total. The highest BCUT2D eigenvalue weighted by molar-refractivity contribution is 9.10. The molecule has 2 aromatic rings. The number of pyridine rings is 1. The number of halogens is 1. The van der Waals surface area contributed by atoms with Gasteiger partial charge in [-0.3, -0.25) is 19.5 Å². The van der Waals surface area contributed by atoms with Crippen LogP contribution in [0.2, 0.25) is 0 Å². The van der Waals surface area contributed by atoms with Gasteiger partial charge >= 0.3 is 0 Å². The van der Waals surface area contributed by atoms with E-state index in [2.05, 4.69) is 20.9 Å². The summed E-state index contributed by atoms with van der Waals surface area (Å²) >= 11 is 3.01. The van der Waals surface area contributed by atoms with Crippen LogP contribution in [0.5, 0.6) is 0 Å². The Morgan fingerprint density at radius 2 is 2.21 bits per heavy atom. The van der Waals surface area contributed by atoms with E-state index < -0.39 is 4.92 Å². The molecule has 0 radical (unpaired) electrons. The summed E-state index contributed by atoms with van der Waals surface area (Å²) in [7, 11) is 0. The molecule has 19 heavy (non-hydrogen) atoms. The first-order valence-corrected chi connectivity index (χ1v) is 6.15. The van der Waals surface area contributed by atoms with Crippen LogP contribution in [0, 0.1) is 24.0 Å². The molecule has 0 aromatic carbocycles. The Morgan fingerprint density at radius 1 is 1.53 bits per heavy atom. The maximum atomic E-state index is 11.9. The number of hydrogen-bond donors (Lipinski definition) is 0. The van der Waals surface area contributed by atoms with Gasteiger partial charge in [-0.25, -0.2) is 4.98 Å². The summed E-state index contributed by atoms with van der Waals surface area (Å²) in [6, 6.07) is 1.17. The molecule has 2 heterocycles. The quantitative estimate of drug-likeness (QED) is 0.636. The summed E-state index contributed by atoms with van der Waals surface area (Å²) in [6.07, 6.45) is 1.17. The van der Waals surface area contributed by atoms with E-state index >= 15 is 0 Å². The highest BCUT2D eigenvalue weighted by Gasteiger charge is 2.14. The lowest BCUT2D eigenvalue weighted by molar-refractivity contribution is -0.385. The van der Waals surface area contributed by atoms with Crippen molar-refractivity contribution in [1.82, 2.24) is 9.55 Å². The fourth-order valence-electron chi connectivity index (χ4n) is 1.55. The lowest BCUT2D eigenvalue weighted by atomic mass is 10.4. The molecule has 0 unspecified atom stereocenters. The van der Waals surface area contributed by atoms with Crippen molar-refractivity contribution in [3.05, 3.63) is 54.5 Å². The van der Waals surface area contributed by atoms with Gasteiger partial charge in [0.05, 0.1) is 21.3 Å². The first-order valence-electron chi connectivity index (χ1n) is 5.35. The number of hydrogen-bond acceptors (Lipinski definition) is 5. The Hall–Kier alpha value is -1.96. The van der Waals surface area contributed by atoms with Gasteiger partial charge in [0, 0.05) is 6.07 Å². The summed E-state index contributed by atoms with van der Waals surface area (Å²) in [5.41, 5.74) is 0.179. The molecule has 0 aliphatic heterocycles. The second-order valence-electron chi connectivity index (χ2n) is 3.99. The minimum absolute atomic E-state index is 0.0494. The van der Waals surface area contributed by atoms with Crippen molar-refractivity contribution >= 4 is 21.6 Å². The average Bonchev–Trinajstić information content (AvgIpc) is 2.63. The molecule has 0 bridgehead atoms. The van der Waals surface area contributed by atoms with Gasteiger partial charge in [-0.1, -0.05) is 0 Å².